The molecular formula is C15H14F3N3. The monoisotopic (exact) mass is 293 g/mol. The number of hydrogen-bond donors (Lipinski definition) is 0. The number of nitrogens with zero attached hydrogens (tertiary/aromatic N) is 3. The summed E-state index contributed by atoms with van der Waals surface area (Å²) in [4.78, 5) is 4.11. The van der Waals surface area contributed by atoms with E-state index in [0.717, 1.165) is 22.5 Å². The van der Waals surface area contributed by atoms with E-state index in [1.54, 1.807) is 24.9 Å². The Bertz CT molecular complexity index is 754. The SMILES string of the molecule is Cc1nn(C)c(C)c1-c1cc(C(F)(F)F)cc2c1C=NC2. The summed E-state index contributed by atoms with van der Waals surface area (Å²) in [5, 5.41) is 4.30. The van der Waals surface area contributed by atoms with E-state index in [-0.39, 0.29) is 0 Å². The summed E-state index contributed by atoms with van der Waals surface area (Å²) in [5.41, 5.74) is 3.62. The Kier molecular flexibility index (Phi) is 2.93. The average molecular weight is 293 g/mol. The molecule has 6 heteroatoms. The molecule has 0 aliphatic carbocycles. The summed E-state index contributed by atoms with van der Waals surface area (Å²) in [6.07, 6.45) is -2.72. The van der Waals surface area contributed by atoms with Gasteiger partial charge in [0.15, 0.2) is 0 Å². The first-order chi connectivity index (χ1) is 9.79. The molecule has 0 radical (unpaired) electrons. The Morgan fingerprint density at radius 3 is 2.48 bits per heavy atom. The molecule has 0 atom stereocenters. The van der Waals surface area contributed by atoms with Gasteiger partial charge in [0.1, 0.15) is 0 Å². The molecule has 0 bridgehead atoms. The number of alkyl halides is 3. The van der Waals surface area contributed by atoms with Crippen LogP contribution in [0.3, 0.4) is 0 Å². The number of aliphatic imine (C=N–C) groups is 1. The van der Waals surface area contributed by atoms with E-state index in [9.17, 15) is 13.2 Å². The van der Waals surface area contributed by atoms with Gasteiger partial charge in [0, 0.05) is 30.1 Å². The largest absolute Gasteiger partial charge is 0.416 e. The zero-order valence-corrected chi connectivity index (χ0v) is 11.9. The van der Waals surface area contributed by atoms with Gasteiger partial charge in [-0.1, -0.05) is 0 Å². The van der Waals surface area contributed by atoms with Crippen LogP contribution in [0.25, 0.3) is 11.1 Å². The van der Waals surface area contributed by atoms with Gasteiger partial charge in [0.25, 0.3) is 0 Å². The maximum atomic E-state index is 13.1. The van der Waals surface area contributed by atoms with Crippen molar-refractivity contribution in [3.63, 3.8) is 0 Å². The van der Waals surface area contributed by atoms with Crippen molar-refractivity contribution >= 4 is 6.21 Å². The number of benzene rings is 1. The van der Waals surface area contributed by atoms with Crippen LogP contribution in [-0.2, 0) is 19.8 Å². The third-order valence-electron chi connectivity index (χ3n) is 3.85. The zero-order chi connectivity index (χ0) is 15.4. The Morgan fingerprint density at radius 1 is 1.19 bits per heavy atom. The highest BCUT2D eigenvalue weighted by Gasteiger charge is 2.33. The van der Waals surface area contributed by atoms with E-state index in [2.05, 4.69) is 10.1 Å². The second-order valence-corrected chi connectivity index (χ2v) is 5.23. The summed E-state index contributed by atoms with van der Waals surface area (Å²) in [6.45, 7) is 3.96. The quantitative estimate of drug-likeness (QED) is 0.789. The minimum atomic E-state index is -4.36. The van der Waals surface area contributed by atoms with Crippen LogP contribution in [0.5, 0.6) is 0 Å². The number of aryl methyl sites for hydroxylation is 2. The molecule has 110 valence electrons. The van der Waals surface area contributed by atoms with Gasteiger partial charge in [0.05, 0.1) is 17.8 Å². The van der Waals surface area contributed by atoms with E-state index in [4.69, 9.17) is 0 Å². The van der Waals surface area contributed by atoms with Gasteiger partial charge < -0.3 is 0 Å². The zero-order valence-electron chi connectivity index (χ0n) is 11.9. The van der Waals surface area contributed by atoms with Crippen LogP contribution < -0.4 is 0 Å². The standard InChI is InChI=1S/C15H14F3N3/c1-8-14(9(2)21(3)20-8)12-5-11(15(16,17)18)4-10-6-19-7-13(10)12/h4-5,7H,6H2,1-3H3. The van der Waals surface area contributed by atoms with Crippen molar-refractivity contribution in [1.29, 1.82) is 0 Å². The van der Waals surface area contributed by atoms with Gasteiger partial charge in [-0.15, -0.1) is 0 Å². The minimum absolute atomic E-state index is 0.296. The number of halogens is 3. The Hall–Kier alpha value is -2.11. The third-order valence-corrected chi connectivity index (χ3v) is 3.85. The first kappa shape index (κ1) is 13.9. The lowest BCUT2D eigenvalue weighted by Crippen LogP contribution is -2.07. The van der Waals surface area contributed by atoms with Gasteiger partial charge in [-0.25, -0.2) is 0 Å². The average Bonchev–Trinajstić information content (AvgIpc) is 2.93. The van der Waals surface area contributed by atoms with Crippen LogP contribution in [0.1, 0.15) is 28.1 Å². The van der Waals surface area contributed by atoms with Crippen molar-refractivity contribution in [3.05, 3.63) is 40.2 Å². The fourth-order valence-corrected chi connectivity index (χ4v) is 2.77. The highest BCUT2D eigenvalue weighted by atomic mass is 19.4. The molecule has 3 nitrogen and oxygen atoms in total. The fourth-order valence-electron chi connectivity index (χ4n) is 2.77. The maximum absolute atomic E-state index is 13.1. The summed E-state index contributed by atoms with van der Waals surface area (Å²) < 4.78 is 41.0. The molecular weight excluding hydrogens is 279 g/mol. The highest BCUT2D eigenvalue weighted by Crippen LogP contribution is 2.38. The van der Waals surface area contributed by atoms with E-state index in [1.165, 1.54) is 12.1 Å². The molecule has 0 unspecified atom stereocenters. The van der Waals surface area contributed by atoms with Crippen molar-refractivity contribution in [2.24, 2.45) is 12.0 Å². The molecule has 1 aromatic heterocycles. The van der Waals surface area contributed by atoms with Crippen LogP contribution in [-0.4, -0.2) is 16.0 Å². The predicted octanol–water partition coefficient (Wildman–Crippen LogP) is 3.66. The molecule has 0 fully saturated rings. The maximum Gasteiger partial charge on any atom is 0.416 e. The van der Waals surface area contributed by atoms with Gasteiger partial charge in [0.2, 0.25) is 0 Å². The van der Waals surface area contributed by atoms with Crippen LogP contribution in [0.2, 0.25) is 0 Å². The van der Waals surface area contributed by atoms with Crippen LogP contribution in [0, 0.1) is 13.8 Å². The lowest BCUT2D eigenvalue weighted by atomic mass is 9.93. The molecule has 0 spiro atoms. The highest BCUT2D eigenvalue weighted by molar-refractivity contribution is 5.95. The minimum Gasteiger partial charge on any atom is -0.288 e. The molecule has 21 heavy (non-hydrogen) atoms. The second-order valence-electron chi connectivity index (χ2n) is 5.23. The first-order valence-electron chi connectivity index (χ1n) is 6.53. The summed E-state index contributed by atoms with van der Waals surface area (Å²) in [6, 6.07) is 2.39. The predicted molar refractivity (Wildman–Crippen MR) is 74.4 cm³/mol. The summed E-state index contributed by atoms with van der Waals surface area (Å²) in [7, 11) is 1.79. The Morgan fingerprint density at radius 2 is 1.90 bits per heavy atom. The molecule has 0 saturated heterocycles. The molecule has 3 rings (SSSR count). The molecule has 1 aromatic carbocycles. The lowest BCUT2D eigenvalue weighted by Gasteiger charge is -2.13. The summed E-state index contributed by atoms with van der Waals surface area (Å²) >= 11 is 0. The van der Waals surface area contributed by atoms with Crippen molar-refractivity contribution in [1.82, 2.24) is 9.78 Å². The number of aromatic nitrogens is 2. The van der Waals surface area contributed by atoms with Gasteiger partial charge in [-0.3, -0.25) is 9.67 Å². The molecule has 1 aliphatic heterocycles. The molecule has 2 heterocycles. The molecule has 0 N–H and O–H groups in total. The van der Waals surface area contributed by atoms with E-state index in [1.807, 2.05) is 6.92 Å². The van der Waals surface area contributed by atoms with Crippen molar-refractivity contribution in [2.75, 3.05) is 0 Å². The number of rotatable bonds is 1. The van der Waals surface area contributed by atoms with Gasteiger partial charge >= 0.3 is 6.18 Å². The molecule has 0 saturated carbocycles. The lowest BCUT2D eigenvalue weighted by molar-refractivity contribution is -0.137. The van der Waals surface area contributed by atoms with Crippen molar-refractivity contribution in [3.8, 4) is 11.1 Å². The van der Waals surface area contributed by atoms with E-state index >= 15 is 0 Å². The molecule has 0 amide bonds. The first-order valence-corrected chi connectivity index (χ1v) is 6.53. The van der Waals surface area contributed by atoms with Crippen LogP contribution >= 0.6 is 0 Å². The van der Waals surface area contributed by atoms with Crippen molar-refractivity contribution < 1.29 is 13.2 Å². The molecule has 1 aliphatic rings. The number of hydrogen-bond acceptors (Lipinski definition) is 2. The second kappa shape index (κ2) is 4.44. The fraction of sp³-hybridized carbons (Fsp3) is 0.333. The summed E-state index contributed by atoms with van der Waals surface area (Å²) in [5.74, 6) is 0. The van der Waals surface area contributed by atoms with E-state index in [0.29, 0.717) is 17.7 Å². The number of fused-ring (bicyclic) bond motifs is 1. The normalized spacial score (nSPS) is 13.8. The van der Waals surface area contributed by atoms with E-state index < -0.39 is 11.7 Å². The van der Waals surface area contributed by atoms with Crippen molar-refractivity contribution in [2.45, 2.75) is 26.6 Å². The van der Waals surface area contributed by atoms with Crippen LogP contribution in [0.4, 0.5) is 13.2 Å². The Labute approximate surface area is 120 Å². The Balaban J connectivity index is 2.31. The molecule has 2 aromatic rings. The van der Waals surface area contributed by atoms with Gasteiger partial charge in [-0.05, 0) is 37.1 Å². The third kappa shape index (κ3) is 2.14. The topological polar surface area (TPSA) is 30.2 Å². The van der Waals surface area contributed by atoms with Crippen LogP contribution in [0.15, 0.2) is 17.1 Å². The van der Waals surface area contributed by atoms with Gasteiger partial charge in [-0.2, -0.15) is 18.3 Å². The smallest absolute Gasteiger partial charge is 0.288 e.